The lowest BCUT2D eigenvalue weighted by Crippen LogP contribution is -2.29. The molecule has 2 amide bonds. The molecule has 0 saturated carbocycles. The molecule has 3 N–H and O–H groups in total. The van der Waals surface area contributed by atoms with Crippen LogP contribution in [-0.2, 0) is 17.6 Å². The molecular weight excluding hydrogens is 332 g/mol. The Morgan fingerprint density at radius 1 is 1.28 bits per heavy atom. The molecule has 0 radical (unpaired) electrons. The highest BCUT2D eigenvalue weighted by atomic mass is 32.1. The van der Waals surface area contributed by atoms with Crippen LogP contribution in [0.15, 0.2) is 0 Å². The summed E-state index contributed by atoms with van der Waals surface area (Å²) in [5.41, 5.74) is 7.56. The Morgan fingerprint density at radius 3 is 2.60 bits per heavy atom. The summed E-state index contributed by atoms with van der Waals surface area (Å²) in [6.45, 7) is 8.99. The summed E-state index contributed by atoms with van der Waals surface area (Å²) in [6.07, 6.45) is 7.59. The molecule has 25 heavy (non-hydrogen) atoms. The van der Waals surface area contributed by atoms with Crippen LogP contribution in [0.3, 0.4) is 0 Å². The minimum absolute atomic E-state index is 0.0139. The fraction of sp³-hybridized carbons (Fsp3) is 0.700. The Kier molecular flexibility index (Phi) is 6.66. The van der Waals surface area contributed by atoms with Crippen LogP contribution in [0.5, 0.6) is 0 Å². The quantitative estimate of drug-likeness (QED) is 0.643. The van der Waals surface area contributed by atoms with Gasteiger partial charge in [-0.05, 0) is 42.6 Å². The van der Waals surface area contributed by atoms with Crippen molar-refractivity contribution in [1.29, 1.82) is 0 Å². The molecule has 0 fully saturated rings. The lowest BCUT2D eigenvalue weighted by Gasteiger charge is -2.36. The van der Waals surface area contributed by atoms with E-state index in [4.69, 9.17) is 5.73 Å². The van der Waals surface area contributed by atoms with E-state index in [0.717, 1.165) is 50.5 Å². The van der Waals surface area contributed by atoms with Gasteiger partial charge in [-0.25, -0.2) is 0 Å². The van der Waals surface area contributed by atoms with Gasteiger partial charge in [0, 0.05) is 11.3 Å². The summed E-state index contributed by atoms with van der Waals surface area (Å²) in [5, 5.41) is 3.62. The number of thiophene rings is 1. The topological polar surface area (TPSA) is 72.2 Å². The van der Waals surface area contributed by atoms with Gasteiger partial charge in [-0.2, -0.15) is 0 Å². The van der Waals surface area contributed by atoms with Crippen LogP contribution >= 0.6 is 11.3 Å². The van der Waals surface area contributed by atoms with Gasteiger partial charge >= 0.3 is 0 Å². The second-order valence-corrected chi connectivity index (χ2v) is 8.96. The maximum Gasteiger partial charge on any atom is 0.251 e. The van der Waals surface area contributed by atoms with E-state index in [2.05, 4.69) is 33.0 Å². The first kappa shape index (κ1) is 20.0. The van der Waals surface area contributed by atoms with Crippen LogP contribution < -0.4 is 11.1 Å². The van der Waals surface area contributed by atoms with E-state index in [-0.39, 0.29) is 11.3 Å². The molecule has 1 aromatic heterocycles. The lowest BCUT2D eigenvalue weighted by atomic mass is 9.69. The van der Waals surface area contributed by atoms with Crippen LogP contribution in [0.2, 0.25) is 0 Å². The fourth-order valence-electron chi connectivity index (χ4n) is 3.62. The predicted octanol–water partition coefficient (Wildman–Crippen LogP) is 4.91. The second-order valence-electron chi connectivity index (χ2n) is 7.86. The van der Waals surface area contributed by atoms with E-state index < -0.39 is 5.91 Å². The molecule has 1 aliphatic rings. The minimum atomic E-state index is -0.422. The molecular formula is C20H32N2O2S. The molecule has 0 saturated heterocycles. The molecule has 1 heterocycles. The number of amides is 2. The van der Waals surface area contributed by atoms with Crippen LogP contribution in [-0.4, -0.2) is 11.8 Å². The monoisotopic (exact) mass is 364 g/mol. The van der Waals surface area contributed by atoms with Crippen LogP contribution in [0, 0.1) is 11.3 Å². The molecule has 140 valence electrons. The molecule has 0 spiro atoms. The second kappa shape index (κ2) is 8.35. The van der Waals surface area contributed by atoms with E-state index in [9.17, 15) is 9.59 Å². The normalized spacial score (nSPS) is 17.2. The van der Waals surface area contributed by atoms with Gasteiger partial charge in [-0.3, -0.25) is 9.59 Å². The van der Waals surface area contributed by atoms with Crippen molar-refractivity contribution in [3.63, 3.8) is 0 Å². The smallest absolute Gasteiger partial charge is 0.251 e. The zero-order valence-electron chi connectivity index (χ0n) is 16.0. The van der Waals surface area contributed by atoms with Crippen molar-refractivity contribution in [2.75, 3.05) is 5.32 Å². The number of carbonyl (C=O) groups is 2. The number of hydrogen-bond donors (Lipinski definition) is 2. The molecule has 4 nitrogen and oxygen atoms in total. The van der Waals surface area contributed by atoms with Crippen molar-refractivity contribution in [2.45, 2.75) is 79.1 Å². The van der Waals surface area contributed by atoms with Crippen LogP contribution in [0.4, 0.5) is 5.00 Å². The van der Waals surface area contributed by atoms with E-state index >= 15 is 0 Å². The lowest BCUT2D eigenvalue weighted by molar-refractivity contribution is -0.116. The number of rotatable bonds is 8. The fourth-order valence-corrected chi connectivity index (χ4v) is 4.96. The highest BCUT2D eigenvalue weighted by molar-refractivity contribution is 7.17. The van der Waals surface area contributed by atoms with E-state index in [1.807, 2.05) is 0 Å². The number of anilines is 1. The number of primary amides is 1. The minimum Gasteiger partial charge on any atom is -0.365 e. The zero-order chi connectivity index (χ0) is 18.6. The Hall–Kier alpha value is -1.36. The largest absolute Gasteiger partial charge is 0.365 e. The average Bonchev–Trinajstić information content (AvgIpc) is 2.91. The molecule has 2 rings (SSSR count). The molecule has 5 heteroatoms. The Labute approximate surface area is 155 Å². The molecule has 0 aliphatic heterocycles. The molecule has 1 aromatic rings. The third-order valence-corrected chi connectivity index (χ3v) is 6.96. The summed E-state index contributed by atoms with van der Waals surface area (Å²) in [7, 11) is 0. The number of hydrogen-bond acceptors (Lipinski definition) is 3. The van der Waals surface area contributed by atoms with Crippen molar-refractivity contribution in [2.24, 2.45) is 17.1 Å². The maximum atomic E-state index is 12.2. The maximum absolute atomic E-state index is 12.2. The van der Waals surface area contributed by atoms with E-state index in [1.54, 1.807) is 11.3 Å². The number of carbonyl (C=O) groups excluding carboxylic acids is 2. The Morgan fingerprint density at radius 2 is 2.00 bits per heavy atom. The third-order valence-electron chi connectivity index (χ3n) is 5.79. The van der Waals surface area contributed by atoms with Gasteiger partial charge in [-0.15, -0.1) is 11.3 Å². The van der Waals surface area contributed by atoms with Gasteiger partial charge in [0.15, 0.2) is 0 Å². The van der Waals surface area contributed by atoms with Crippen molar-refractivity contribution < 1.29 is 9.59 Å². The number of unbranched alkanes of at least 4 members (excludes halogenated alkanes) is 2. The highest BCUT2D eigenvalue weighted by Gasteiger charge is 2.34. The molecule has 1 atom stereocenters. The Balaban J connectivity index is 2.20. The summed E-state index contributed by atoms with van der Waals surface area (Å²) < 4.78 is 0. The van der Waals surface area contributed by atoms with Crippen molar-refractivity contribution in [3.05, 3.63) is 16.0 Å². The van der Waals surface area contributed by atoms with E-state index in [1.165, 1.54) is 4.88 Å². The summed E-state index contributed by atoms with van der Waals surface area (Å²) in [6, 6.07) is 0. The van der Waals surface area contributed by atoms with Gasteiger partial charge in [0.2, 0.25) is 5.91 Å². The Bertz CT molecular complexity index is 634. The van der Waals surface area contributed by atoms with Gasteiger partial charge < -0.3 is 11.1 Å². The zero-order valence-corrected chi connectivity index (χ0v) is 16.9. The first-order valence-corrected chi connectivity index (χ1v) is 10.4. The van der Waals surface area contributed by atoms with E-state index in [0.29, 0.717) is 22.9 Å². The van der Waals surface area contributed by atoms with Crippen molar-refractivity contribution in [1.82, 2.24) is 0 Å². The number of fused-ring (bicyclic) bond motifs is 1. The summed E-state index contributed by atoms with van der Waals surface area (Å²) in [4.78, 5) is 25.4. The van der Waals surface area contributed by atoms with Gasteiger partial charge in [0.05, 0.1) is 5.56 Å². The average molecular weight is 365 g/mol. The van der Waals surface area contributed by atoms with Gasteiger partial charge in [0.1, 0.15) is 5.00 Å². The SMILES string of the molecule is CCCCCC(=O)Nc1sc2c(c1C(N)=O)CC[C@H](C(C)(C)CC)C2. The van der Waals surface area contributed by atoms with Crippen molar-refractivity contribution in [3.8, 4) is 0 Å². The molecule has 1 aliphatic carbocycles. The first-order chi connectivity index (χ1) is 11.8. The predicted molar refractivity (Wildman–Crippen MR) is 105 cm³/mol. The van der Waals surface area contributed by atoms with Gasteiger partial charge in [0.25, 0.3) is 5.91 Å². The molecule has 0 unspecified atom stereocenters. The van der Waals surface area contributed by atoms with Crippen LogP contribution in [0.1, 0.15) is 87.0 Å². The summed E-state index contributed by atoms with van der Waals surface area (Å²) >= 11 is 1.56. The third kappa shape index (κ3) is 4.63. The van der Waals surface area contributed by atoms with Gasteiger partial charge in [-0.1, -0.05) is 47.0 Å². The number of nitrogens with two attached hydrogens (primary N) is 1. The summed E-state index contributed by atoms with van der Waals surface area (Å²) in [5.74, 6) is 0.173. The molecule has 0 bridgehead atoms. The first-order valence-electron chi connectivity index (χ1n) is 9.54. The van der Waals surface area contributed by atoms with Crippen LogP contribution in [0.25, 0.3) is 0 Å². The highest BCUT2D eigenvalue weighted by Crippen LogP contribution is 2.45. The van der Waals surface area contributed by atoms with Crippen molar-refractivity contribution >= 4 is 28.2 Å². The standard InChI is InChI=1S/C20H32N2O2S/c1-5-7-8-9-16(23)22-19-17(18(21)24)14-11-10-13(12-15(14)25-19)20(3,4)6-2/h13H,5-12H2,1-4H3,(H2,21,24)(H,22,23)/t13-/m0/s1. The number of nitrogens with one attached hydrogen (secondary N) is 1. The molecule has 0 aromatic carbocycles.